The zero-order valence-electron chi connectivity index (χ0n) is 9.02. The largest absolute Gasteiger partial charge is 0.284 e. The van der Waals surface area contributed by atoms with Crippen molar-refractivity contribution in [1.82, 2.24) is 4.90 Å². The first-order valence-electron chi connectivity index (χ1n) is 5.47. The van der Waals surface area contributed by atoms with E-state index in [2.05, 4.69) is 29.3 Å². The molecule has 1 aromatic rings. The van der Waals surface area contributed by atoms with Crippen LogP contribution in [0.3, 0.4) is 0 Å². The molecule has 1 unspecified atom stereocenters. The fourth-order valence-corrected chi connectivity index (χ4v) is 2.76. The van der Waals surface area contributed by atoms with Crippen molar-refractivity contribution in [1.29, 1.82) is 5.26 Å². The summed E-state index contributed by atoms with van der Waals surface area (Å²) in [6, 6.07) is 4.46. The predicted molar refractivity (Wildman–Crippen MR) is 62.6 cm³/mol. The minimum atomic E-state index is -0.0243. The summed E-state index contributed by atoms with van der Waals surface area (Å²) in [5.41, 5.74) is 1.16. The van der Waals surface area contributed by atoms with E-state index in [9.17, 15) is 5.26 Å². The summed E-state index contributed by atoms with van der Waals surface area (Å²) in [6.07, 6.45) is 2.45. The summed E-state index contributed by atoms with van der Waals surface area (Å²) >= 11 is 1.67. The average molecular weight is 220 g/mol. The third kappa shape index (κ3) is 2.39. The fourth-order valence-electron chi connectivity index (χ4n) is 2.08. The van der Waals surface area contributed by atoms with Crippen LogP contribution in [0.25, 0.3) is 0 Å². The number of rotatable bonds is 2. The van der Waals surface area contributed by atoms with Crippen LogP contribution in [0, 0.1) is 17.2 Å². The highest BCUT2D eigenvalue weighted by atomic mass is 32.1. The number of hydrogen-bond acceptors (Lipinski definition) is 3. The zero-order valence-corrected chi connectivity index (χ0v) is 9.83. The maximum atomic E-state index is 9.23. The van der Waals surface area contributed by atoms with Crippen molar-refractivity contribution < 1.29 is 0 Å². The Morgan fingerprint density at radius 1 is 1.53 bits per heavy atom. The zero-order chi connectivity index (χ0) is 10.7. The molecule has 1 atom stereocenters. The van der Waals surface area contributed by atoms with Crippen molar-refractivity contribution in [3.63, 3.8) is 0 Å². The van der Waals surface area contributed by atoms with E-state index in [1.807, 2.05) is 5.38 Å². The minimum absolute atomic E-state index is 0.0243. The number of nitrogens with zero attached hydrogens (tertiary/aromatic N) is 2. The molecule has 0 bridgehead atoms. The molecule has 0 N–H and O–H groups in total. The summed E-state index contributed by atoms with van der Waals surface area (Å²) in [5, 5.41) is 13.4. The Morgan fingerprint density at radius 2 is 2.27 bits per heavy atom. The first-order valence-corrected chi connectivity index (χ1v) is 6.41. The molecule has 1 aliphatic heterocycles. The van der Waals surface area contributed by atoms with Crippen LogP contribution in [0.15, 0.2) is 16.8 Å². The molecule has 1 aliphatic rings. The molecule has 0 aromatic carbocycles. The van der Waals surface area contributed by atoms with E-state index in [0.29, 0.717) is 0 Å². The van der Waals surface area contributed by atoms with Crippen LogP contribution in [0.1, 0.15) is 31.4 Å². The highest BCUT2D eigenvalue weighted by Gasteiger charge is 2.24. The third-order valence-corrected chi connectivity index (χ3v) is 3.87. The third-order valence-electron chi connectivity index (χ3n) is 3.16. The second-order valence-corrected chi connectivity index (χ2v) is 5.09. The summed E-state index contributed by atoms with van der Waals surface area (Å²) in [7, 11) is 0. The van der Waals surface area contributed by atoms with Gasteiger partial charge in [0.05, 0.1) is 6.07 Å². The van der Waals surface area contributed by atoms with Gasteiger partial charge in [-0.3, -0.25) is 4.90 Å². The maximum Gasteiger partial charge on any atom is 0.124 e. The summed E-state index contributed by atoms with van der Waals surface area (Å²) in [4.78, 5) is 2.31. The lowest BCUT2D eigenvalue weighted by Crippen LogP contribution is -2.35. The van der Waals surface area contributed by atoms with Gasteiger partial charge in [-0.25, -0.2) is 0 Å². The van der Waals surface area contributed by atoms with Gasteiger partial charge in [-0.05, 0) is 54.2 Å². The number of hydrogen-bond donors (Lipinski definition) is 0. The molecule has 0 aliphatic carbocycles. The van der Waals surface area contributed by atoms with E-state index < -0.39 is 0 Å². The fraction of sp³-hybridized carbons (Fsp3) is 0.583. The van der Waals surface area contributed by atoms with Crippen molar-refractivity contribution in [2.24, 2.45) is 5.92 Å². The Bertz CT molecular complexity index is 331. The van der Waals surface area contributed by atoms with Gasteiger partial charge in [0.25, 0.3) is 0 Å². The van der Waals surface area contributed by atoms with Gasteiger partial charge in [0, 0.05) is 0 Å². The van der Waals surface area contributed by atoms with Gasteiger partial charge in [0.1, 0.15) is 6.04 Å². The molecule has 15 heavy (non-hydrogen) atoms. The average Bonchev–Trinajstić information content (AvgIpc) is 2.75. The van der Waals surface area contributed by atoms with Gasteiger partial charge >= 0.3 is 0 Å². The molecule has 2 heterocycles. The maximum absolute atomic E-state index is 9.23. The van der Waals surface area contributed by atoms with Crippen LogP contribution in [-0.2, 0) is 0 Å². The quantitative estimate of drug-likeness (QED) is 0.766. The molecule has 1 saturated heterocycles. The Kier molecular flexibility index (Phi) is 3.40. The lowest BCUT2D eigenvalue weighted by Gasteiger charge is -2.33. The monoisotopic (exact) mass is 220 g/mol. The molecule has 0 spiro atoms. The molecule has 3 heteroatoms. The van der Waals surface area contributed by atoms with Crippen LogP contribution in [0.4, 0.5) is 0 Å². The normalized spacial score (nSPS) is 21.1. The molecule has 1 fully saturated rings. The second-order valence-electron chi connectivity index (χ2n) is 4.31. The van der Waals surface area contributed by atoms with Crippen molar-refractivity contribution in [2.75, 3.05) is 13.1 Å². The van der Waals surface area contributed by atoms with Crippen LogP contribution >= 0.6 is 11.3 Å². The first-order chi connectivity index (χ1) is 7.31. The molecule has 2 nitrogen and oxygen atoms in total. The van der Waals surface area contributed by atoms with E-state index in [0.717, 1.165) is 24.6 Å². The Hall–Kier alpha value is -0.850. The van der Waals surface area contributed by atoms with Crippen molar-refractivity contribution in [2.45, 2.75) is 25.8 Å². The van der Waals surface area contributed by atoms with Crippen LogP contribution in [0.2, 0.25) is 0 Å². The summed E-state index contributed by atoms with van der Waals surface area (Å²) < 4.78 is 0. The lowest BCUT2D eigenvalue weighted by atomic mass is 9.97. The molecule has 80 valence electrons. The van der Waals surface area contributed by atoms with Crippen LogP contribution in [-0.4, -0.2) is 18.0 Å². The van der Waals surface area contributed by atoms with E-state index in [1.54, 1.807) is 11.3 Å². The van der Waals surface area contributed by atoms with Crippen molar-refractivity contribution in [3.8, 4) is 6.07 Å². The Labute approximate surface area is 95.1 Å². The molecular weight excluding hydrogens is 204 g/mol. The van der Waals surface area contributed by atoms with Crippen molar-refractivity contribution >= 4 is 11.3 Å². The minimum Gasteiger partial charge on any atom is -0.284 e. The molecule has 0 saturated carbocycles. The Balaban J connectivity index is 2.05. The van der Waals surface area contributed by atoms with Gasteiger partial charge in [-0.2, -0.15) is 16.6 Å². The highest BCUT2D eigenvalue weighted by Crippen LogP contribution is 2.27. The van der Waals surface area contributed by atoms with Gasteiger partial charge in [-0.15, -0.1) is 0 Å². The molecular formula is C12H16N2S. The van der Waals surface area contributed by atoms with Crippen LogP contribution < -0.4 is 0 Å². The molecule has 2 rings (SSSR count). The van der Waals surface area contributed by atoms with Crippen LogP contribution in [0.5, 0.6) is 0 Å². The van der Waals surface area contributed by atoms with E-state index in [4.69, 9.17) is 0 Å². The van der Waals surface area contributed by atoms with Gasteiger partial charge in [0.2, 0.25) is 0 Å². The topological polar surface area (TPSA) is 27.0 Å². The second kappa shape index (κ2) is 4.78. The van der Waals surface area contributed by atoms with E-state index in [-0.39, 0.29) is 6.04 Å². The molecule has 1 aromatic heterocycles. The number of nitriles is 1. The number of thiophene rings is 1. The van der Waals surface area contributed by atoms with Gasteiger partial charge in [-0.1, -0.05) is 6.92 Å². The smallest absolute Gasteiger partial charge is 0.124 e. The highest BCUT2D eigenvalue weighted by molar-refractivity contribution is 7.08. The Morgan fingerprint density at radius 3 is 2.80 bits per heavy atom. The van der Waals surface area contributed by atoms with Crippen molar-refractivity contribution in [3.05, 3.63) is 22.4 Å². The van der Waals surface area contributed by atoms with E-state index in [1.165, 1.54) is 12.8 Å². The first kappa shape index (κ1) is 10.7. The predicted octanol–water partition coefficient (Wildman–Crippen LogP) is 3.04. The number of piperidine rings is 1. The van der Waals surface area contributed by atoms with E-state index >= 15 is 0 Å². The van der Waals surface area contributed by atoms with Gasteiger partial charge < -0.3 is 0 Å². The van der Waals surface area contributed by atoms with Gasteiger partial charge in [0.15, 0.2) is 0 Å². The summed E-state index contributed by atoms with van der Waals surface area (Å²) in [5.74, 6) is 0.822. The molecule has 0 radical (unpaired) electrons. The standard InChI is InChI=1S/C12H16N2S/c1-10-2-5-14(6-3-10)12(8-13)11-4-7-15-9-11/h4,7,9-10,12H,2-3,5-6H2,1H3. The SMILES string of the molecule is CC1CCN(C(C#N)c2ccsc2)CC1. The molecule has 0 amide bonds. The number of likely N-dealkylation sites (tertiary alicyclic amines) is 1. The summed E-state index contributed by atoms with van der Waals surface area (Å²) in [6.45, 7) is 4.42. The lowest BCUT2D eigenvalue weighted by molar-refractivity contribution is 0.165.